The molecule has 1 aromatic heterocycles. The molecule has 7 nitrogen and oxygen atoms in total. The van der Waals surface area contributed by atoms with Gasteiger partial charge in [0.25, 0.3) is 0 Å². The van der Waals surface area contributed by atoms with Gasteiger partial charge in [-0.15, -0.1) is 0 Å². The van der Waals surface area contributed by atoms with Crippen LogP contribution in [0.25, 0.3) is 0 Å². The summed E-state index contributed by atoms with van der Waals surface area (Å²) in [4.78, 5) is 22.9. The second kappa shape index (κ2) is 7.66. The normalized spacial score (nSPS) is 10.6. The highest BCUT2D eigenvalue weighted by Gasteiger charge is 2.16. The maximum Gasteiger partial charge on any atom is 0.426 e. The van der Waals surface area contributed by atoms with Crippen molar-refractivity contribution < 1.29 is 14.3 Å². The molecule has 0 spiro atoms. The minimum Gasteiger partial charge on any atom is -0.449 e. The van der Waals surface area contributed by atoms with E-state index < -0.39 is 6.09 Å². The van der Waals surface area contributed by atoms with E-state index in [0.29, 0.717) is 5.92 Å². The predicted octanol–water partition coefficient (Wildman–Crippen LogP) is 1.48. The fourth-order valence-electron chi connectivity index (χ4n) is 2.01. The van der Waals surface area contributed by atoms with E-state index >= 15 is 0 Å². The molecule has 1 rings (SSSR count). The van der Waals surface area contributed by atoms with E-state index in [9.17, 15) is 9.59 Å². The number of hydrogen-bond donors (Lipinski definition) is 2. The Morgan fingerprint density at radius 3 is 2.52 bits per heavy atom. The summed E-state index contributed by atoms with van der Waals surface area (Å²) < 4.78 is 6.57. The van der Waals surface area contributed by atoms with Gasteiger partial charge in [0.05, 0.1) is 18.7 Å². The van der Waals surface area contributed by atoms with E-state index in [2.05, 4.69) is 34.5 Å². The van der Waals surface area contributed by atoms with Gasteiger partial charge >= 0.3 is 6.09 Å². The Hall–Kier alpha value is -2.05. The van der Waals surface area contributed by atoms with Gasteiger partial charge in [-0.2, -0.15) is 5.10 Å². The van der Waals surface area contributed by atoms with Crippen LogP contribution in [0.5, 0.6) is 0 Å². The van der Waals surface area contributed by atoms with Gasteiger partial charge in [-0.05, 0) is 26.7 Å². The van der Waals surface area contributed by atoms with Crippen LogP contribution in [0.2, 0.25) is 0 Å². The van der Waals surface area contributed by atoms with Crippen LogP contribution in [0.4, 0.5) is 4.79 Å². The first-order chi connectivity index (χ1) is 9.85. The first-order valence-electron chi connectivity index (χ1n) is 7.09. The number of carbonyl (C=O) groups is 2. The molecule has 0 atom stereocenters. The predicted molar refractivity (Wildman–Crippen MR) is 78.5 cm³/mol. The standard InChI is InChI=1S/C14H24N4O3/c1-6-21-14(20)16-15-13(19)7-12-10(4)17-18(11(12)5)8-9(2)3/h9H,6-8H2,1-5H3,(H,15,19)(H,16,20). The molecule has 1 aromatic rings. The van der Waals surface area contributed by atoms with Crippen LogP contribution in [0.3, 0.4) is 0 Å². The number of hydrazine groups is 1. The molecule has 0 fully saturated rings. The van der Waals surface area contributed by atoms with Crippen molar-refractivity contribution in [3.8, 4) is 0 Å². The smallest absolute Gasteiger partial charge is 0.426 e. The van der Waals surface area contributed by atoms with E-state index in [-0.39, 0.29) is 18.9 Å². The van der Waals surface area contributed by atoms with E-state index in [0.717, 1.165) is 23.5 Å². The lowest BCUT2D eigenvalue weighted by Crippen LogP contribution is -2.42. The fourth-order valence-corrected chi connectivity index (χ4v) is 2.01. The Bertz CT molecular complexity index is 509. The molecule has 0 aliphatic heterocycles. The van der Waals surface area contributed by atoms with Gasteiger partial charge in [-0.1, -0.05) is 13.8 Å². The second-order valence-electron chi connectivity index (χ2n) is 5.30. The van der Waals surface area contributed by atoms with Crippen molar-refractivity contribution in [3.05, 3.63) is 17.0 Å². The third-order valence-electron chi connectivity index (χ3n) is 2.99. The molecule has 0 saturated heterocycles. The summed E-state index contributed by atoms with van der Waals surface area (Å²) in [6.45, 7) is 10.8. The van der Waals surface area contributed by atoms with Crippen LogP contribution in [0.15, 0.2) is 0 Å². The largest absolute Gasteiger partial charge is 0.449 e. The zero-order valence-electron chi connectivity index (χ0n) is 13.3. The molecule has 118 valence electrons. The van der Waals surface area contributed by atoms with Crippen LogP contribution in [-0.4, -0.2) is 28.4 Å². The number of nitrogens with one attached hydrogen (secondary N) is 2. The summed E-state index contributed by atoms with van der Waals surface area (Å²) in [6.07, 6.45) is -0.503. The van der Waals surface area contributed by atoms with Gasteiger partial charge in [0, 0.05) is 17.8 Å². The molecular weight excluding hydrogens is 272 g/mol. The van der Waals surface area contributed by atoms with Gasteiger partial charge in [0.15, 0.2) is 0 Å². The Balaban J connectivity index is 2.64. The van der Waals surface area contributed by atoms with Gasteiger partial charge in [0.1, 0.15) is 0 Å². The first-order valence-corrected chi connectivity index (χ1v) is 7.09. The second-order valence-corrected chi connectivity index (χ2v) is 5.30. The molecule has 2 N–H and O–H groups in total. The Morgan fingerprint density at radius 2 is 1.95 bits per heavy atom. The summed E-state index contributed by atoms with van der Waals surface area (Å²) in [7, 11) is 0. The minimum atomic E-state index is -0.671. The monoisotopic (exact) mass is 296 g/mol. The van der Waals surface area contributed by atoms with Gasteiger partial charge in [-0.25, -0.2) is 10.2 Å². The molecule has 0 radical (unpaired) electrons. The van der Waals surface area contributed by atoms with Crippen LogP contribution >= 0.6 is 0 Å². The molecule has 21 heavy (non-hydrogen) atoms. The average Bonchev–Trinajstić information content (AvgIpc) is 2.64. The zero-order chi connectivity index (χ0) is 16.0. The molecule has 2 amide bonds. The maximum atomic E-state index is 11.8. The summed E-state index contributed by atoms with van der Waals surface area (Å²) in [6, 6.07) is 0. The number of aromatic nitrogens is 2. The number of aryl methyl sites for hydroxylation is 1. The van der Waals surface area contributed by atoms with Gasteiger partial charge in [0.2, 0.25) is 5.91 Å². The molecule has 0 aliphatic carbocycles. The Kier molecular flexibility index (Phi) is 6.20. The van der Waals surface area contributed by atoms with Crippen molar-refractivity contribution in [2.75, 3.05) is 6.61 Å². The summed E-state index contributed by atoms with van der Waals surface area (Å²) in [5, 5.41) is 4.45. The number of rotatable bonds is 5. The molecule has 0 saturated carbocycles. The molecule has 7 heteroatoms. The highest BCUT2D eigenvalue weighted by Crippen LogP contribution is 2.15. The average molecular weight is 296 g/mol. The zero-order valence-corrected chi connectivity index (χ0v) is 13.3. The number of hydrogen-bond acceptors (Lipinski definition) is 4. The third kappa shape index (κ3) is 5.09. The quantitative estimate of drug-likeness (QED) is 0.806. The highest BCUT2D eigenvalue weighted by atomic mass is 16.5. The van der Waals surface area contributed by atoms with Crippen molar-refractivity contribution in [2.24, 2.45) is 5.92 Å². The minimum absolute atomic E-state index is 0.169. The lowest BCUT2D eigenvalue weighted by atomic mass is 10.1. The van der Waals surface area contributed by atoms with Crippen LogP contribution in [0, 0.1) is 19.8 Å². The van der Waals surface area contributed by atoms with Crippen molar-refractivity contribution >= 4 is 12.0 Å². The molecule has 0 aromatic carbocycles. The number of amides is 2. The van der Waals surface area contributed by atoms with Gasteiger partial charge in [-0.3, -0.25) is 14.9 Å². The Labute approximate surface area is 125 Å². The SMILES string of the molecule is CCOC(=O)NNC(=O)Cc1c(C)nn(CC(C)C)c1C. The third-order valence-corrected chi connectivity index (χ3v) is 2.99. The van der Waals surface area contributed by atoms with E-state index in [1.165, 1.54) is 0 Å². The van der Waals surface area contributed by atoms with E-state index in [4.69, 9.17) is 0 Å². The van der Waals surface area contributed by atoms with Crippen molar-refractivity contribution in [2.45, 2.75) is 47.6 Å². The summed E-state index contributed by atoms with van der Waals surface area (Å²) in [5.41, 5.74) is 7.21. The molecule has 0 unspecified atom stereocenters. The van der Waals surface area contributed by atoms with Gasteiger partial charge < -0.3 is 4.74 Å². The van der Waals surface area contributed by atoms with Crippen LogP contribution in [-0.2, 0) is 22.5 Å². The summed E-state index contributed by atoms with van der Waals surface area (Å²) in [5.74, 6) is 0.175. The Morgan fingerprint density at radius 1 is 1.29 bits per heavy atom. The number of carbonyl (C=O) groups excluding carboxylic acids is 2. The fraction of sp³-hybridized carbons (Fsp3) is 0.643. The molecule has 0 aliphatic rings. The van der Waals surface area contributed by atoms with Crippen LogP contribution in [0.1, 0.15) is 37.7 Å². The lowest BCUT2D eigenvalue weighted by Gasteiger charge is -2.09. The number of nitrogens with zero attached hydrogens (tertiary/aromatic N) is 2. The maximum absolute atomic E-state index is 11.8. The lowest BCUT2D eigenvalue weighted by molar-refractivity contribution is -0.121. The van der Waals surface area contributed by atoms with E-state index in [1.807, 2.05) is 18.5 Å². The topological polar surface area (TPSA) is 85.2 Å². The van der Waals surface area contributed by atoms with E-state index in [1.54, 1.807) is 6.92 Å². The molecular formula is C14H24N4O3. The molecule has 0 bridgehead atoms. The molecule has 1 heterocycles. The number of ether oxygens (including phenoxy) is 1. The highest BCUT2D eigenvalue weighted by molar-refractivity contribution is 5.81. The van der Waals surface area contributed by atoms with Crippen molar-refractivity contribution in [1.82, 2.24) is 20.6 Å². The first kappa shape index (κ1) is 17.0. The van der Waals surface area contributed by atoms with Crippen LogP contribution < -0.4 is 10.9 Å². The van der Waals surface area contributed by atoms with Crippen molar-refractivity contribution in [1.29, 1.82) is 0 Å². The summed E-state index contributed by atoms with van der Waals surface area (Å²) >= 11 is 0. The van der Waals surface area contributed by atoms with Crippen molar-refractivity contribution in [3.63, 3.8) is 0 Å².